The topological polar surface area (TPSA) is 65.5 Å². The number of thioether (sulfide) groups is 1. The van der Waals surface area contributed by atoms with Gasteiger partial charge in [-0.1, -0.05) is 41.1 Å². The van der Waals surface area contributed by atoms with Crippen LogP contribution in [0.4, 0.5) is 5.69 Å². The summed E-state index contributed by atoms with van der Waals surface area (Å²) < 4.78 is 0. The lowest BCUT2D eigenvalue weighted by Gasteiger charge is -2.34. The predicted octanol–water partition coefficient (Wildman–Crippen LogP) is 2.92. The zero-order valence-corrected chi connectivity index (χ0v) is 17.3. The zero-order chi connectivity index (χ0) is 19.9. The smallest absolute Gasteiger partial charge is 0.238 e. The van der Waals surface area contributed by atoms with E-state index in [9.17, 15) is 9.59 Å². The normalized spacial score (nSPS) is 14.7. The van der Waals surface area contributed by atoms with Crippen LogP contribution in [0.15, 0.2) is 47.6 Å². The number of pyridine rings is 1. The zero-order valence-electron chi connectivity index (χ0n) is 15.7. The summed E-state index contributed by atoms with van der Waals surface area (Å²) in [5.41, 5.74) is 1.96. The molecule has 1 N–H and O–H groups in total. The highest BCUT2D eigenvalue weighted by Crippen LogP contribution is 2.24. The first-order valence-electron chi connectivity index (χ1n) is 9.11. The average Bonchev–Trinajstić information content (AvgIpc) is 2.69. The van der Waals surface area contributed by atoms with Gasteiger partial charge in [-0.25, -0.2) is 4.98 Å². The van der Waals surface area contributed by atoms with Crippen molar-refractivity contribution in [1.29, 1.82) is 0 Å². The third kappa shape index (κ3) is 5.95. The quantitative estimate of drug-likeness (QED) is 0.730. The van der Waals surface area contributed by atoms with Gasteiger partial charge in [-0.05, 0) is 31.2 Å². The van der Waals surface area contributed by atoms with Crippen molar-refractivity contribution in [3.8, 4) is 0 Å². The molecule has 6 nitrogen and oxygen atoms in total. The Morgan fingerprint density at radius 1 is 1.14 bits per heavy atom. The molecule has 0 saturated carbocycles. The average molecular weight is 419 g/mol. The first-order valence-corrected chi connectivity index (χ1v) is 10.5. The number of nitrogens with zero attached hydrogens (tertiary/aromatic N) is 3. The SMILES string of the molecule is Cc1ccc(NC(=O)CN2CCN(C(=O)CSc3ncccc3Cl)CC2)cc1. The molecule has 148 valence electrons. The number of piperazine rings is 1. The number of aromatic nitrogens is 1. The standard InChI is InChI=1S/C20H23ClN4O2S/c1-15-4-6-16(7-5-15)23-18(26)13-24-9-11-25(12-10-24)19(27)14-28-20-17(21)3-2-8-22-20/h2-8H,9-14H2,1H3,(H,23,26). The molecule has 3 rings (SSSR count). The van der Waals surface area contributed by atoms with Crippen LogP contribution in [0, 0.1) is 6.92 Å². The number of carbonyl (C=O) groups excluding carboxylic acids is 2. The second-order valence-electron chi connectivity index (χ2n) is 6.65. The number of nitrogens with one attached hydrogen (secondary N) is 1. The van der Waals surface area contributed by atoms with Gasteiger partial charge in [0.2, 0.25) is 11.8 Å². The fraction of sp³-hybridized carbons (Fsp3) is 0.350. The summed E-state index contributed by atoms with van der Waals surface area (Å²) in [5, 5.41) is 4.14. The van der Waals surface area contributed by atoms with Crippen LogP contribution < -0.4 is 5.32 Å². The van der Waals surface area contributed by atoms with Gasteiger partial charge < -0.3 is 10.2 Å². The van der Waals surface area contributed by atoms with Crippen molar-refractivity contribution in [3.63, 3.8) is 0 Å². The van der Waals surface area contributed by atoms with Gasteiger partial charge in [-0.15, -0.1) is 0 Å². The summed E-state index contributed by atoms with van der Waals surface area (Å²) in [6.45, 7) is 4.94. The number of carbonyl (C=O) groups is 2. The fourth-order valence-electron chi connectivity index (χ4n) is 2.89. The number of hydrogen-bond acceptors (Lipinski definition) is 5. The molecule has 1 fully saturated rings. The lowest BCUT2D eigenvalue weighted by Crippen LogP contribution is -2.50. The molecule has 28 heavy (non-hydrogen) atoms. The summed E-state index contributed by atoms with van der Waals surface area (Å²) in [6, 6.07) is 11.3. The number of hydrogen-bond donors (Lipinski definition) is 1. The molecule has 0 spiro atoms. The van der Waals surface area contributed by atoms with E-state index in [4.69, 9.17) is 11.6 Å². The molecule has 2 aromatic rings. The van der Waals surface area contributed by atoms with Crippen LogP contribution in [0.5, 0.6) is 0 Å². The molecule has 2 heterocycles. The third-order valence-corrected chi connectivity index (χ3v) is 5.89. The number of aryl methyl sites for hydroxylation is 1. The van der Waals surface area contributed by atoms with Crippen molar-refractivity contribution < 1.29 is 9.59 Å². The summed E-state index contributed by atoms with van der Waals surface area (Å²) in [6.07, 6.45) is 1.67. The van der Waals surface area contributed by atoms with Crippen LogP contribution in [0.25, 0.3) is 0 Å². The molecule has 8 heteroatoms. The van der Waals surface area contributed by atoms with Gasteiger partial charge in [0.25, 0.3) is 0 Å². The minimum absolute atomic E-state index is 0.0380. The summed E-state index contributed by atoms with van der Waals surface area (Å²) >= 11 is 7.42. The van der Waals surface area contributed by atoms with Gasteiger partial charge >= 0.3 is 0 Å². The van der Waals surface area contributed by atoms with Crippen LogP contribution in [0.2, 0.25) is 5.02 Å². The number of benzene rings is 1. The molecule has 0 aliphatic carbocycles. The second-order valence-corrected chi connectivity index (χ2v) is 8.02. The first kappa shape index (κ1) is 20.6. The van der Waals surface area contributed by atoms with E-state index in [1.54, 1.807) is 18.3 Å². The van der Waals surface area contributed by atoms with Crippen LogP contribution in [-0.4, -0.2) is 65.1 Å². The van der Waals surface area contributed by atoms with Crippen molar-refractivity contribution in [3.05, 3.63) is 53.2 Å². The highest BCUT2D eigenvalue weighted by Gasteiger charge is 2.22. The van der Waals surface area contributed by atoms with Crippen LogP contribution in [-0.2, 0) is 9.59 Å². The van der Waals surface area contributed by atoms with Crippen LogP contribution >= 0.6 is 23.4 Å². The van der Waals surface area contributed by atoms with E-state index >= 15 is 0 Å². The highest BCUT2D eigenvalue weighted by molar-refractivity contribution is 8.00. The van der Waals surface area contributed by atoms with Gasteiger partial charge in [0.1, 0.15) is 5.03 Å². The minimum atomic E-state index is -0.0380. The Balaban J connectivity index is 1.40. The second kappa shape index (κ2) is 9.91. The molecule has 0 atom stereocenters. The minimum Gasteiger partial charge on any atom is -0.339 e. The van der Waals surface area contributed by atoms with Gasteiger partial charge in [-0.2, -0.15) is 0 Å². The molecule has 1 aliphatic rings. The summed E-state index contributed by atoms with van der Waals surface area (Å²) in [7, 11) is 0. The fourth-order valence-corrected chi connectivity index (χ4v) is 3.96. The van der Waals surface area contributed by atoms with E-state index in [1.807, 2.05) is 36.1 Å². The first-order chi connectivity index (χ1) is 13.5. The van der Waals surface area contributed by atoms with Crippen LogP contribution in [0.3, 0.4) is 0 Å². The maximum absolute atomic E-state index is 12.4. The molecule has 1 aliphatic heterocycles. The van der Waals surface area contributed by atoms with Crippen LogP contribution in [0.1, 0.15) is 5.56 Å². The van der Waals surface area contributed by atoms with Crippen molar-refractivity contribution in [1.82, 2.24) is 14.8 Å². The number of rotatable bonds is 6. The van der Waals surface area contributed by atoms with Crippen molar-refractivity contribution in [2.24, 2.45) is 0 Å². The van der Waals surface area contributed by atoms with E-state index in [0.29, 0.717) is 48.5 Å². The van der Waals surface area contributed by atoms with Gasteiger partial charge in [0.05, 0.1) is 17.3 Å². The molecular formula is C20H23ClN4O2S. The molecule has 0 bridgehead atoms. The third-order valence-electron chi connectivity index (χ3n) is 4.48. The Morgan fingerprint density at radius 2 is 1.86 bits per heavy atom. The Kier molecular flexibility index (Phi) is 7.30. The summed E-state index contributed by atoms with van der Waals surface area (Å²) in [4.78, 5) is 32.7. The maximum atomic E-state index is 12.4. The number of anilines is 1. The van der Waals surface area contributed by atoms with Crippen molar-refractivity contribution in [2.75, 3.05) is 43.8 Å². The molecule has 0 unspecified atom stereocenters. The van der Waals surface area contributed by atoms with Crippen molar-refractivity contribution in [2.45, 2.75) is 11.9 Å². The molecule has 1 saturated heterocycles. The van der Waals surface area contributed by atoms with E-state index < -0.39 is 0 Å². The molecule has 0 radical (unpaired) electrons. The largest absolute Gasteiger partial charge is 0.339 e. The Hall–Kier alpha value is -2.09. The Labute approximate surface area is 174 Å². The van der Waals surface area contributed by atoms with Gasteiger partial charge in [0.15, 0.2) is 0 Å². The van der Waals surface area contributed by atoms with Crippen molar-refractivity contribution >= 4 is 40.9 Å². The predicted molar refractivity (Wildman–Crippen MR) is 113 cm³/mol. The monoisotopic (exact) mass is 418 g/mol. The number of halogens is 1. The Bertz CT molecular complexity index is 823. The molecular weight excluding hydrogens is 396 g/mol. The lowest BCUT2D eigenvalue weighted by atomic mass is 10.2. The van der Waals surface area contributed by atoms with E-state index in [-0.39, 0.29) is 11.8 Å². The Morgan fingerprint density at radius 3 is 2.54 bits per heavy atom. The van der Waals surface area contributed by atoms with Gasteiger partial charge in [-0.3, -0.25) is 14.5 Å². The van der Waals surface area contributed by atoms with E-state index in [0.717, 1.165) is 11.3 Å². The molecule has 1 aromatic carbocycles. The van der Waals surface area contributed by atoms with E-state index in [1.165, 1.54) is 11.8 Å². The molecule has 2 amide bonds. The highest BCUT2D eigenvalue weighted by atomic mass is 35.5. The maximum Gasteiger partial charge on any atom is 0.238 e. The number of amides is 2. The van der Waals surface area contributed by atoms with Gasteiger partial charge in [0, 0.05) is 38.1 Å². The summed E-state index contributed by atoms with van der Waals surface area (Å²) in [5.74, 6) is 0.337. The van der Waals surface area contributed by atoms with E-state index in [2.05, 4.69) is 15.2 Å². The molecule has 1 aromatic heterocycles. The lowest BCUT2D eigenvalue weighted by molar-refractivity contribution is -0.130.